The zero-order valence-corrected chi connectivity index (χ0v) is 24.6. The van der Waals surface area contributed by atoms with Gasteiger partial charge >= 0.3 is 0 Å². The van der Waals surface area contributed by atoms with Gasteiger partial charge in [-0.1, -0.05) is 84.6 Å². The molecule has 1 unspecified atom stereocenters. The molecule has 0 bridgehead atoms. The van der Waals surface area contributed by atoms with Crippen molar-refractivity contribution in [1.82, 2.24) is 14.9 Å². The zero-order valence-electron chi connectivity index (χ0n) is 23.7. The van der Waals surface area contributed by atoms with Gasteiger partial charge in [0.05, 0.1) is 17.5 Å². The molecular formula is C35H29N3O5S. The molecule has 2 aromatic heterocycles. The van der Waals surface area contributed by atoms with Crippen LogP contribution >= 0.6 is 11.8 Å². The Kier molecular flexibility index (Phi) is 9.13. The molecule has 1 aliphatic rings. The number of hydrogen-bond acceptors (Lipinski definition) is 8. The van der Waals surface area contributed by atoms with Gasteiger partial charge in [0.15, 0.2) is 0 Å². The second-order valence-corrected chi connectivity index (χ2v) is 11.3. The van der Waals surface area contributed by atoms with Gasteiger partial charge in [-0.05, 0) is 53.8 Å². The van der Waals surface area contributed by atoms with Crippen LogP contribution in [0.3, 0.4) is 0 Å². The first-order valence-electron chi connectivity index (χ1n) is 14.2. The highest BCUT2D eigenvalue weighted by Gasteiger charge is 2.39. The highest BCUT2D eigenvalue weighted by Crippen LogP contribution is 2.31. The number of hydrogen-bond donors (Lipinski definition) is 0. The molecule has 0 saturated carbocycles. The minimum atomic E-state index is -0.430. The standard InChI is InChI=1S/C35H29N3O5S/c39-34-31(44-35(40)38(34)21-28-22-42-32(36-28)19-14-25-7-3-1-4-8-25)18-13-27-11-16-30(17-12-27)41-23-29-24-43-33(37-29)20-15-26-9-5-2-6-10-26/h1-12,14-17,19-20,22,24,31H,13,18,21,23H2/b19-14+,20-15+. The summed E-state index contributed by atoms with van der Waals surface area (Å²) >= 11 is 1.07. The van der Waals surface area contributed by atoms with E-state index < -0.39 is 5.25 Å². The molecule has 1 fully saturated rings. The van der Waals surface area contributed by atoms with Crippen molar-refractivity contribution in [1.29, 1.82) is 0 Å². The number of oxazole rings is 2. The number of aryl methyl sites for hydroxylation is 1. The fourth-order valence-electron chi connectivity index (χ4n) is 4.59. The normalized spacial score (nSPS) is 15.2. The lowest BCUT2D eigenvalue weighted by Gasteiger charge is -2.12. The maximum atomic E-state index is 13.0. The first-order valence-corrected chi connectivity index (χ1v) is 15.1. The lowest BCUT2D eigenvalue weighted by Crippen LogP contribution is -2.31. The molecule has 6 rings (SSSR count). The molecule has 2 amide bonds. The molecule has 0 aliphatic carbocycles. The summed E-state index contributed by atoms with van der Waals surface area (Å²) in [6.07, 6.45) is 11.7. The Balaban J connectivity index is 0.956. The second kappa shape index (κ2) is 13.9. The van der Waals surface area contributed by atoms with Gasteiger partial charge in [-0.2, -0.15) is 0 Å². The highest BCUT2D eigenvalue weighted by molar-refractivity contribution is 8.15. The smallest absolute Gasteiger partial charge is 0.289 e. The number of nitrogens with zero attached hydrogens (tertiary/aromatic N) is 3. The number of amides is 2. The quantitative estimate of drug-likeness (QED) is 0.143. The molecule has 1 atom stereocenters. The summed E-state index contributed by atoms with van der Waals surface area (Å²) in [6, 6.07) is 27.5. The highest BCUT2D eigenvalue weighted by atomic mass is 32.2. The fourth-order valence-corrected chi connectivity index (χ4v) is 5.58. The van der Waals surface area contributed by atoms with E-state index in [1.54, 1.807) is 12.3 Å². The Hall–Kier alpha value is -5.15. The Morgan fingerprint density at radius 1 is 0.750 bits per heavy atom. The Bertz CT molecular complexity index is 1760. The van der Waals surface area contributed by atoms with E-state index in [0.29, 0.717) is 41.8 Å². The molecule has 1 aliphatic heterocycles. The van der Waals surface area contributed by atoms with Crippen LogP contribution in [-0.4, -0.2) is 31.3 Å². The van der Waals surface area contributed by atoms with Crippen LogP contribution in [0.4, 0.5) is 4.79 Å². The Morgan fingerprint density at radius 2 is 1.34 bits per heavy atom. The van der Waals surface area contributed by atoms with Crippen LogP contribution in [0.15, 0.2) is 106 Å². The molecular weight excluding hydrogens is 574 g/mol. The summed E-state index contributed by atoms with van der Waals surface area (Å²) in [7, 11) is 0. The van der Waals surface area contributed by atoms with Crippen LogP contribution in [-0.2, 0) is 24.4 Å². The molecule has 0 N–H and O–H groups in total. The number of carbonyl (C=O) groups is 2. The van der Waals surface area contributed by atoms with Crippen molar-refractivity contribution in [2.75, 3.05) is 0 Å². The van der Waals surface area contributed by atoms with Crippen molar-refractivity contribution in [3.8, 4) is 5.75 Å². The monoisotopic (exact) mass is 603 g/mol. The Labute approximate surface area is 259 Å². The summed E-state index contributed by atoms with van der Waals surface area (Å²) in [5.74, 6) is 1.44. The number of benzene rings is 3. The van der Waals surface area contributed by atoms with Crippen molar-refractivity contribution < 1.29 is 23.2 Å². The molecule has 5 aromatic rings. The van der Waals surface area contributed by atoms with Gasteiger partial charge in [0.25, 0.3) is 5.24 Å². The van der Waals surface area contributed by atoms with Crippen molar-refractivity contribution in [2.24, 2.45) is 0 Å². The van der Waals surface area contributed by atoms with Crippen LogP contribution in [0.2, 0.25) is 0 Å². The predicted molar refractivity (Wildman–Crippen MR) is 170 cm³/mol. The molecule has 3 heterocycles. The summed E-state index contributed by atoms with van der Waals surface area (Å²) < 4.78 is 16.9. The van der Waals surface area contributed by atoms with Gasteiger partial charge in [0, 0.05) is 12.2 Å². The maximum absolute atomic E-state index is 13.0. The third kappa shape index (κ3) is 7.62. The van der Waals surface area contributed by atoms with Crippen LogP contribution in [0, 0.1) is 0 Å². The van der Waals surface area contributed by atoms with Crippen molar-refractivity contribution in [3.63, 3.8) is 0 Å². The van der Waals surface area contributed by atoms with Crippen molar-refractivity contribution in [3.05, 3.63) is 137 Å². The first kappa shape index (κ1) is 28.9. The number of thioether (sulfide) groups is 1. The summed E-state index contributed by atoms with van der Waals surface area (Å²) in [5, 5.41) is -0.695. The minimum Gasteiger partial charge on any atom is -0.487 e. The number of aromatic nitrogens is 2. The largest absolute Gasteiger partial charge is 0.487 e. The second-order valence-electron chi connectivity index (χ2n) is 10.1. The molecule has 220 valence electrons. The van der Waals surface area contributed by atoms with E-state index in [1.807, 2.05) is 103 Å². The number of ether oxygens (including phenoxy) is 1. The van der Waals surface area contributed by atoms with E-state index in [4.69, 9.17) is 13.6 Å². The molecule has 8 nitrogen and oxygen atoms in total. The van der Waals surface area contributed by atoms with Crippen molar-refractivity contribution >= 4 is 47.2 Å². The minimum absolute atomic E-state index is 0.0895. The number of imide groups is 1. The molecule has 0 radical (unpaired) electrons. The summed E-state index contributed by atoms with van der Waals surface area (Å²) in [4.78, 5) is 35.8. The van der Waals surface area contributed by atoms with Gasteiger partial charge in [0.2, 0.25) is 17.7 Å². The van der Waals surface area contributed by atoms with E-state index >= 15 is 0 Å². The zero-order chi connectivity index (χ0) is 30.1. The van der Waals surface area contributed by atoms with E-state index in [-0.39, 0.29) is 24.3 Å². The van der Waals surface area contributed by atoms with Crippen LogP contribution in [0.25, 0.3) is 24.3 Å². The lowest BCUT2D eigenvalue weighted by atomic mass is 10.1. The summed E-state index contributed by atoms with van der Waals surface area (Å²) in [6.45, 7) is 0.371. The fraction of sp³-hybridized carbons (Fsp3) is 0.143. The Morgan fingerprint density at radius 3 is 1.98 bits per heavy atom. The van der Waals surface area contributed by atoms with E-state index in [0.717, 1.165) is 28.5 Å². The molecule has 9 heteroatoms. The van der Waals surface area contributed by atoms with Gasteiger partial charge in [-0.25, -0.2) is 9.97 Å². The third-order valence-corrected chi connectivity index (χ3v) is 8.05. The lowest BCUT2D eigenvalue weighted by molar-refractivity contribution is -0.127. The van der Waals surface area contributed by atoms with E-state index in [9.17, 15) is 9.59 Å². The van der Waals surface area contributed by atoms with Crippen LogP contribution < -0.4 is 4.74 Å². The first-order chi connectivity index (χ1) is 21.6. The number of rotatable bonds is 12. The number of carbonyl (C=O) groups excluding carboxylic acids is 2. The van der Waals surface area contributed by atoms with Crippen LogP contribution in [0.5, 0.6) is 5.75 Å². The van der Waals surface area contributed by atoms with Gasteiger partial charge in [-0.15, -0.1) is 0 Å². The van der Waals surface area contributed by atoms with Gasteiger partial charge in [0.1, 0.15) is 30.6 Å². The molecule has 0 spiro atoms. The van der Waals surface area contributed by atoms with E-state index in [2.05, 4.69) is 9.97 Å². The van der Waals surface area contributed by atoms with Crippen molar-refractivity contribution in [2.45, 2.75) is 31.2 Å². The van der Waals surface area contributed by atoms with Gasteiger partial charge < -0.3 is 13.6 Å². The average molecular weight is 604 g/mol. The average Bonchev–Trinajstić information content (AvgIpc) is 3.79. The SMILES string of the molecule is O=C1SC(CCc2ccc(OCc3coc(/C=C/c4ccccc4)n3)cc2)C(=O)N1Cc1coc(/C=C/c2ccccc2)n1. The predicted octanol–water partition coefficient (Wildman–Crippen LogP) is 7.78. The molecule has 44 heavy (non-hydrogen) atoms. The van der Waals surface area contributed by atoms with E-state index in [1.165, 1.54) is 11.2 Å². The molecule has 3 aromatic carbocycles. The molecule has 1 saturated heterocycles. The maximum Gasteiger partial charge on any atom is 0.289 e. The van der Waals surface area contributed by atoms with Gasteiger partial charge in [-0.3, -0.25) is 14.5 Å². The topological polar surface area (TPSA) is 98.7 Å². The summed E-state index contributed by atoms with van der Waals surface area (Å²) in [5.41, 5.74) is 4.36. The third-order valence-electron chi connectivity index (χ3n) is 6.91. The van der Waals surface area contributed by atoms with Crippen LogP contribution in [0.1, 0.15) is 46.3 Å².